The summed E-state index contributed by atoms with van der Waals surface area (Å²) in [5.74, 6) is 2.37. The van der Waals surface area contributed by atoms with Crippen molar-refractivity contribution in [2.75, 3.05) is 6.54 Å². The summed E-state index contributed by atoms with van der Waals surface area (Å²) in [5, 5.41) is 16.8. The molecule has 4 unspecified atom stereocenters. The van der Waals surface area contributed by atoms with Crippen LogP contribution in [0.2, 0.25) is 0 Å². The van der Waals surface area contributed by atoms with Crippen LogP contribution in [0.5, 0.6) is 0 Å². The van der Waals surface area contributed by atoms with Gasteiger partial charge in [-0.3, -0.25) is 0 Å². The summed E-state index contributed by atoms with van der Waals surface area (Å²) in [7, 11) is 0. The van der Waals surface area contributed by atoms with Gasteiger partial charge in [-0.15, -0.1) is 11.3 Å². The lowest BCUT2D eigenvalue weighted by atomic mass is 9.90. The zero-order valence-corrected chi connectivity index (χ0v) is 17.0. The highest BCUT2D eigenvalue weighted by atomic mass is 32.1. The van der Waals surface area contributed by atoms with Crippen molar-refractivity contribution < 1.29 is 9.52 Å². The zero-order valence-electron chi connectivity index (χ0n) is 16.2. The van der Waals surface area contributed by atoms with Crippen LogP contribution in [0.1, 0.15) is 56.6 Å². The minimum Gasteiger partial charge on any atom is -0.440 e. The molecule has 2 N–H and O–H groups in total. The van der Waals surface area contributed by atoms with E-state index in [9.17, 15) is 5.11 Å². The molecule has 4 atom stereocenters. The van der Waals surface area contributed by atoms with Gasteiger partial charge in [0.05, 0.1) is 11.7 Å². The molecule has 2 aliphatic heterocycles. The van der Waals surface area contributed by atoms with Crippen LogP contribution in [0.15, 0.2) is 28.1 Å². The van der Waals surface area contributed by atoms with E-state index in [-0.39, 0.29) is 0 Å². The van der Waals surface area contributed by atoms with Crippen molar-refractivity contribution in [3.8, 4) is 10.6 Å². The van der Waals surface area contributed by atoms with Gasteiger partial charge < -0.3 is 14.8 Å². The number of aliphatic hydroxyl groups excluding tert-OH is 1. The number of oxazole rings is 1. The third-order valence-electron chi connectivity index (χ3n) is 6.40. The van der Waals surface area contributed by atoms with Gasteiger partial charge in [0.25, 0.3) is 0 Å². The molecule has 3 fully saturated rings. The first-order valence-electron chi connectivity index (χ1n) is 10.4. The molecule has 2 aromatic heterocycles. The van der Waals surface area contributed by atoms with E-state index in [0.29, 0.717) is 6.04 Å². The minimum atomic E-state index is -0.575. The summed E-state index contributed by atoms with van der Waals surface area (Å²) in [4.78, 5) is 9.24. The van der Waals surface area contributed by atoms with E-state index >= 15 is 0 Å². The van der Waals surface area contributed by atoms with Crippen molar-refractivity contribution in [1.29, 1.82) is 0 Å². The topological polar surface area (TPSA) is 71.2 Å². The molecule has 28 heavy (non-hydrogen) atoms. The van der Waals surface area contributed by atoms with Crippen molar-refractivity contribution in [3.05, 3.63) is 35.2 Å². The summed E-state index contributed by atoms with van der Waals surface area (Å²) < 4.78 is 6.23. The average molecular weight is 398 g/mol. The molecule has 2 bridgehead atoms. The Morgan fingerprint density at radius 1 is 1.32 bits per heavy atom. The van der Waals surface area contributed by atoms with Gasteiger partial charge in [-0.2, -0.15) is 0 Å². The van der Waals surface area contributed by atoms with E-state index in [1.54, 1.807) is 24.5 Å². The zero-order chi connectivity index (χ0) is 19.1. The number of benzene rings is 1. The number of rotatable bonds is 5. The Labute approximate surface area is 169 Å². The quantitative estimate of drug-likeness (QED) is 0.652. The Morgan fingerprint density at radius 2 is 2.25 bits per heavy atom. The molecular weight excluding hydrogens is 370 g/mol. The Balaban J connectivity index is 1.42. The second-order valence-electron chi connectivity index (χ2n) is 8.43. The van der Waals surface area contributed by atoms with Crippen LogP contribution in [0.3, 0.4) is 0 Å². The summed E-state index contributed by atoms with van der Waals surface area (Å²) in [6.07, 6.45) is 8.53. The summed E-state index contributed by atoms with van der Waals surface area (Å²) in [6.45, 7) is 2.97. The highest BCUT2D eigenvalue weighted by molar-refractivity contribution is 7.13. The van der Waals surface area contributed by atoms with E-state index in [0.717, 1.165) is 57.8 Å². The van der Waals surface area contributed by atoms with Crippen LogP contribution in [-0.4, -0.2) is 27.7 Å². The highest BCUT2D eigenvalue weighted by Crippen LogP contribution is 2.37. The van der Waals surface area contributed by atoms with Crippen molar-refractivity contribution in [2.45, 2.75) is 57.6 Å². The predicted octanol–water partition coefficient (Wildman–Crippen LogP) is 4.72. The van der Waals surface area contributed by atoms with Crippen LogP contribution in [0, 0.1) is 11.8 Å². The lowest BCUT2D eigenvalue weighted by molar-refractivity contribution is 0.200. The van der Waals surface area contributed by atoms with Gasteiger partial charge in [0.15, 0.2) is 11.5 Å². The number of nitrogens with one attached hydrogen (secondary N) is 1. The van der Waals surface area contributed by atoms with Gasteiger partial charge in [0, 0.05) is 29.6 Å². The van der Waals surface area contributed by atoms with Crippen LogP contribution in [-0.2, 0) is 6.42 Å². The Morgan fingerprint density at radius 3 is 3.00 bits per heavy atom. The first-order chi connectivity index (χ1) is 13.7. The number of piperidine rings is 1. The molecule has 1 saturated carbocycles. The smallest absolute Gasteiger partial charge is 0.195 e. The number of hydrogen-bond acceptors (Lipinski definition) is 6. The monoisotopic (exact) mass is 397 g/mol. The normalized spacial score (nSPS) is 25.9. The Hall–Kier alpha value is -1.76. The SMILES string of the molecule is CC(O)c1ccc(-c2nccs2)c2oc(CCC3CC4CCC(C3)NC4)nc12. The van der Waals surface area contributed by atoms with Gasteiger partial charge in [-0.05, 0) is 63.5 Å². The lowest BCUT2D eigenvalue weighted by Crippen LogP contribution is -2.35. The van der Waals surface area contributed by atoms with Crippen molar-refractivity contribution >= 4 is 22.4 Å². The molecule has 3 aromatic rings. The molecule has 0 spiro atoms. The summed E-state index contributed by atoms with van der Waals surface area (Å²) in [6, 6.07) is 4.64. The Bertz CT molecular complexity index is 928. The van der Waals surface area contributed by atoms with Crippen LogP contribution >= 0.6 is 11.3 Å². The fourth-order valence-corrected chi connectivity index (χ4v) is 5.61. The van der Waals surface area contributed by atoms with Crippen molar-refractivity contribution in [1.82, 2.24) is 15.3 Å². The summed E-state index contributed by atoms with van der Waals surface area (Å²) in [5.41, 5.74) is 3.32. The number of aromatic nitrogens is 2. The van der Waals surface area contributed by atoms with E-state index in [2.05, 4.69) is 10.3 Å². The second kappa shape index (κ2) is 7.58. The number of aryl methyl sites for hydroxylation is 1. The van der Waals surface area contributed by atoms with E-state index in [1.807, 2.05) is 17.5 Å². The molecule has 0 amide bonds. The number of thiazole rings is 1. The van der Waals surface area contributed by atoms with Crippen molar-refractivity contribution in [3.63, 3.8) is 0 Å². The molecular formula is C22H27N3O2S. The molecule has 6 heteroatoms. The van der Waals surface area contributed by atoms with Crippen LogP contribution in [0.4, 0.5) is 0 Å². The molecule has 4 heterocycles. The summed E-state index contributed by atoms with van der Waals surface area (Å²) >= 11 is 1.59. The lowest BCUT2D eigenvalue weighted by Gasteiger charge is -2.24. The maximum Gasteiger partial charge on any atom is 0.195 e. The fourth-order valence-electron chi connectivity index (χ4n) is 4.95. The second-order valence-corrected chi connectivity index (χ2v) is 9.32. The molecule has 1 aliphatic carbocycles. The van der Waals surface area contributed by atoms with Gasteiger partial charge in [0.1, 0.15) is 10.5 Å². The number of fused-ring (bicyclic) bond motifs is 5. The van der Waals surface area contributed by atoms with Crippen molar-refractivity contribution in [2.24, 2.45) is 11.8 Å². The number of nitrogens with zero attached hydrogens (tertiary/aromatic N) is 2. The third kappa shape index (κ3) is 3.49. The molecule has 5 nitrogen and oxygen atoms in total. The van der Waals surface area contributed by atoms with E-state index in [1.165, 1.54) is 32.2 Å². The fraction of sp³-hybridized carbons (Fsp3) is 0.545. The average Bonchev–Trinajstić information content (AvgIpc) is 3.28. The molecule has 148 valence electrons. The molecule has 6 rings (SSSR count). The first kappa shape index (κ1) is 18.3. The van der Waals surface area contributed by atoms with E-state index < -0.39 is 6.10 Å². The molecule has 3 aliphatic rings. The Kier molecular flexibility index (Phi) is 4.95. The van der Waals surface area contributed by atoms with E-state index in [4.69, 9.17) is 9.40 Å². The van der Waals surface area contributed by atoms with Gasteiger partial charge >= 0.3 is 0 Å². The minimum absolute atomic E-state index is 0.575. The molecule has 0 radical (unpaired) electrons. The van der Waals surface area contributed by atoms with Gasteiger partial charge in [-0.25, -0.2) is 9.97 Å². The third-order valence-corrected chi connectivity index (χ3v) is 7.21. The predicted molar refractivity (Wildman–Crippen MR) is 111 cm³/mol. The molecule has 1 aromatic carbocycles. The maximum atomic E-state index is 10.2. The highest BCUT2D eigenvalue weighted by Gasteiger charge is 2.30. The van der Waals surface area contributed by atoms with Gasteiger partial charge in [0.2, 0.25) is 0 Å². The van der Waals surface area contributed by atoms with Crippen LogP contribution in [0.25, 0.3) is 21.7 Å². The van der Waals surface area contributed by atoms with Gasteiger partial charge in [-0.1, -0.05) is 6.07 Å². The number of hydrogen-bond donors (Lipinski definition) is 2. The maximum absolute atomic E-state index is 10.2. The largest absolute Gasteiger partial charge is 0.440 e. The molecule has 2 saturated heterocycles. The standard InChI is InChI=1S/C22H27N3O2S/c1-13(26)17-5-6-18(22-23-8-9-28-22)21-20(17)25-19(27-21)7-3-14-10-15-2-4-16(11-14)24-12-15/h5-6,8-9,13-16,24,26H,2-4,7,10-12H2,1H3. The number of aliphatic hydroxyl groups is 1. The first-order valence-corrected chi connectivity index (χ1v) is 11.3. The van der Waals surface area contributed by atoms with Crippen LogP contribution < -0.4 is 5.32 Å².